The maximum atomic E-state index is 10.7. The van der Waals surface area contributed by atoms with Gasteiger partial charge in [-0.1, -0.05) is 6.92 Å². The second-order valence-corrected chi connectivity index (χ2v) is 3.61. The lowest BCUT2D eigenvalue weighted by Crippen LogP contribution is -2.50. The molecule has 1 fully saturated rings. The van der Waals surface area contributed by atoms with Crippen LogP contribution in [0, 0.1) is 16.0 Å². The summed E-state index contributed by atoms with van der Waals surface area (Å²) in [6.07, 6.45) is 2.62. The van der Waals surface area contributed by atoms with Gasteiger partial charge in [0.25, 0.3) is 0 Å². The van der Waals surface area contributed by atoms with Crippen LogP contribution in [0.5, 0.6) is 0 Å². The van der Waals surface area contributed by atoms with Crippen LogP contribution >= 0.6 is 0 Å². The quantitative estimate of drug-likeness (QED) is 0.529. The van der Waals surface area contributed by atoms with Gasteiger partial charge in [-0.3, -0.25) is 10.1 Å². The van der Waals surface area contributed by atoms with Crippen molar-refractivity contribution in [2.24, 2.45) is 5.92 Å². The lowest BCUT2D eigenvalue weighted by molar-refractivity contribution is -0.533. The lowest BCUT2D eigenvalue weighted by atomic mass is 9.83. The second kappa shape index (κ2) is 4.53. The molecular weight excluding hydrogens is 172 g/mol. The molecule has 0 saturated heterocycles. The van der Waals surface area contributed by atoms with Gasteiger partial charge >= 0.3 is 0 Å². The second-order valence-electron chi connectivity index (χ2n) is 3.61. The van der Waals surface area contributed by atoms with E-state index in [1.165, 1.54) is 7.11 Å². The third-order valence-electron chi connectivity index (χ3n) is 2.71. The molecule has 0 heterocycles. The zero-order chi connectivity index (χ0) is 9.84. The monoisotopic (exact) mass is 188 g/mol. The van der Waals surface area contributed by atoms with Crippen LogP contribution in [0.2, 0.25) is 0 Å². The Morgan fingerprint density at radius 2 is 2.23 bits per heavy atom. The number of nitrogens with zero attached hydrogens (tertiary/aromatic N) is 1. The molecule has 13 heavy (non-hydrogen) atoms. The molecule has 0 spiro atoms. The van der Waals surface area contributed by atoms with E-state index in [0.29, 0.717) is 12.3 Å². The third kappa shape index (κ3) is 2.38. The highest BCUT2D eigenvalue weighted by Gasteiger charge is 2.38. The van der Waals surface area contributed by atoms with E-state index >= 15 is 0 Å². The molecular formula is C8H16N2O3. The number of rotatable bonds is 3. The molecule has 0 bridgehead atoms. The highest BCUT2D eigenvalue weighted by atomic mass is 16.6. The Morgan fingerprint density at radius 3 is 2.77 bits per heavy atom. The molecule has 76 valence electrons. The summed E-state index contributed by atoms with van der Waals surface area (Å²) in [7, 11) is 1.50. The summed E-state index contributed by atoms with van der Waals surface area (Å²) < 4.78 is 0. The van der Waals surface area contributed by atoms with E-state index in [1.54, 1.807) is 0 Å². The number of hydroxylamine groups is 1. The Labute approximate surface area is 77.6 Å². The van der Waals surface area contributed by atoms with Gasteiger partial charge in [0.1, 0.15) is 6.04 Å². The van der Waals surface area contributed by atoms with Crippen LogP contribution in [0.15, 0.2) is 0 Å². The molecule has 1 aliphatic rings. The van der Waals surface area contributed by atoms with Crippen molar-refractivity contribution in [1.29, 1.82) is 0 Å². The average Bonchev–Trinajstić information content (AvgIpc) is 2.08. The van der Waals surface area contributed by atoms with Crippen LogP contribution in [-0.4, -0.2) is 24.1 Å². The van der Waals surface area contributed by atoms with E-state index in [4.69, 9.17) is 4.84 Å². The molecule has 0 radical (unpaired) electrons. The highest BCUT2D eigenvalue weighted by molar-refractivity contribution is 4.83. The summed E-state index contributed by atoms with van der Waals surface area (Å²) in [5.41, 5.74) is 2.72. The highest BCUT2D eigenvalue weighted by Crippen LogP contribution is 2.25. The fourth-order valence-electron chi connectivity index (χ4n) is 1.95. The van der Waals surface area contributed by atoms with Gasteiger partial charge in [-0.15, -0.1) is 0 Å². The summed E-state index contributed by atoms with van der Waals surface area (Å²) in [5.74, 6) is 0.309. The van der Waals surface area contributed by atoms with Crippen LogP contribution < -0.4 is 5.48 Å². The summed E-state index contributed by atoms with van der Waals surface area (Å²) in [4.78, 5) is 15.3. The van der Waals surface area contributed by atoms with Gasteiger partial charge in [-0.2, -0.15) is 5.48 Å². The van der Waals surface area contributed by atoms with Crippen molar-refractivity contribution in [2.45, 2.75) is 38.3 Å². The Hall–Kier alpha value is -0.680. The van der Waals surface area contributed by atoms with Crippen LogP contribution in [0.3, 0.4) is 0 Å². The number of hydrogen-bond donors (Lipinski definition) is 1. The minimum absolute atomic E-state index is 0.145. The van der Waals surface area contributed by atoms with Gasteiger partial charge < -0.3 is 4.84 Å². The smallest absolute Gasteiger partial charge is 0.230 e. The first kappa shape index (κ1) is 10.4. The van der Waals surface area contributed by atoms with E-state index < -0.39 is 6.04 Å². The summed E-state index contributed by atoms with van der Waals surface area (Å²) >= 11 is 0. The minimum atomic E-state index is -0.497. The van der Waals surface area contributed by atoms with Gasteiger partial charge in [-0.25, -0.2) is 0 Å². The average molecular weight is 188 g/mol. The SMILES string of the molecule is CONC1C(C)CCCC1[N+](=O)[O-]. The zero-order valence-corrected chi connectivity index (χ0v) is 8.03. The van der Waals surface area contributed by atoms with Crippen molar-refractivity contribution in [3.63, 3.8) is 0 Å². The molecule has 1 N–H and O–H groups in total. The van der Waals surface area contributed by atoms with E-state index in [9.17, 15) is 10.1 Å². The van der Waals surface area contributed by atoms with Crippen molar-refractivity contribution < 1.29 is 9.76 Å². The van der Waals surface area contributed by atoms with Crippen molar-refractivity contribution in [2.75, 3.05) is 7.11 Å². The predicted molar refractivity (Wildman–Crippen MR) is 47.7 cm³/mol. The molecule has 1 aliphatic carbocycles. The van der Waals surface area contributed by atoms with Crippen LogP contribution in [0.4, 0.5) is 0 Å². The Morgan fingerprint density at radius 1 is 1.54 bits per heavy atom. The fraction of sp³-hybridized carbons (Fsp3) is 1.00. The van der Waals surface area contributed by atoms with Crippen molar-refractivity contribution in [1.82, 2.24) is 5.48 Å². The Bertz CT molecular complexity index is 186. The molecule has 0 amide bonds. The molecule has 0 aromatic heterocycles. The first-order valence-corrected chi connectivity index (χ1v) is 4.58. The Kier molecular flexibility index (Phi) is 3.62. The molecule has 0 aromatic rings. The maximum absolute atomic E-state index is 10.7. The number of hydrogen-bond acceptors (Lipinski definition) is 4. The van der Waals surface area contributed by atoms with Crippen molar-refractivity contribution in [3.05, 3.63) is 10.1 Å². The van der Waals surface area contributed by atoms with Crippen LogP contribution in [0.25, 0.3) is 0 Å². The largest absolute Gasteiger partial charge is 0.305 e. The van der Waals surface area contributed by atoms with Gasteiger partial charge in [0, 0.05) is 11.3 Å². The summed E-state index contributed by atoms with van der Waals surface area (Å²) in [6, 6.07) is -0.641. The zero-order valence-electron chi connectivity index (χ0n) is 8.03. The molecule has 3 atom stereocenters. The standard InChI is InChI=1S/C8H16N2O3/c1-6-4-3-5-7(10(11)12)8(6)9-13-2/h6-9H,3-5H2,1-2H3. The number of nitro groups is 1. The normalized spacial score (nSPS) is 34.5. The third-order valence-corrected chi connectivity index (χ3v) is 2.71. The first-order chi connectivity index (χ1) is 6.16. The minimum Gasteiger partial charge on any atom is -0.305 e. The van der Waals surface area contributed by atoms with Gasteiger partial charge in [-0.05, 0) is 18.8 Å². The van der Waals surface area contributed by atoms with E-state index in [-0.39, 0.29) is 11.0 Å². The fourth-order valence-corrected chi connectivity index (χ4v) is 1.95. The van der Waals surface area contributed by atoms with Crippen LogP contribution in [0.1, 0.15) is 26.2 Å². The first-order valence-electron chi connectivity index (χ1n) is 4.58. The van der Waals surface area contributed by atoms with Crippen molar-refractivity contribution in [3.8, 4) is 0 Å². The number of nitrogens with one attached hydrogen (secondary N) is 1. The predicted octanol–water partition coefficient (Wildman–Crippen LogP) is 0.971. The molecule has 3 unspecified atom stereocenters. The molecule has 5 heteroatoms. The van der Waals surface area contributed by atoms with Crippen LogP contribution in [-0.2, 0) is 4.84 Å². The molecule has 0 aromatic carbocycles. The maximum Gasteiger partial charge on any atom is 0.230 e. The molecule has 5 nitrogen and oxygen atoms in total. The Balaban J connectivity index is 2.62. The molecule has 0 aliphatic heterocycles. The summed E-state index contributed by atoms with van der Waals surface area (Å²) in [5, 5.41) is 10.7. The van der Waals surface area contributed by atoms with E-state index in [0.717, 1.165) is 12.8 Å². The van der Waals surface area contributed by atoms with Gasteiger partial charge in [0.05, 0.1) is 7.11 Å². The van der Waals surface area contributed by atoms with Gasteiger partial charge in [0.2, 0.25) is 6.04 Å². The summed E-state index contributed by atoms with van der Waals surface area (Å²) in [6.45, 7) is 2.02. The molecule has 1 rings (SSSR count). The van der Waals surface area contributed by atoms with E-state index in [1.807, 2.05) is 6.92 Å². The molecule has 1 saturated carbocycles. The topological polar surface area (TPSA) is 64.4 Å². The van der Waals surface area contributed by atoms with Gasteiger partial charge in [0.15, 0.2) is 0 Å². The van der Waals surface area contributed by atoms with Crippen molar-refractivity contribution >= 4 is 0 Å². The van der Waals surface area contributed by atoms with E-state index in [2.05, 4.69) is 5.48 Å². The lowest BCUT2D eigenvalue weighted by Gasteiger charge is -2.30.